The number of aliphatic hydroxyl groups is 1. The highest BCUT2D eigenvalue weighted by molar-refractivity contribution is 8.00. The van der Waals surface area contributed by atoms with Crippen molar-refractivity contribution in [1.29, 1.82) is 0 Å². The molecule has 1 atom stereocenters. The van der Waals surface area contributed by atoms with Crippen LogP contribution in [0.4, 0.5) is 4.39 Å². The maximum Gasteiger partial charge on any atom is 0.127 e. The highest BCUT2D eigenvalue weighted by Crippen LogP contribution is 2.28. The first-order valence-electron chi connectivity index (χ1n) is 2.67. The van der Waals surface area contributed by atoms with E-state index in [1.54, 1.807) is 11.8 Å². The molecular weight excluding hydrogens is 127 g/mol. The minimum absolute atomic E-state index is 0.144. The van der Waals surface area contributed by atoms with E-state index in [2.05, 4.69) is 0 Å². The fraction of sp³-hybridized carbons (Fsp3) is 1.00. The summed E-state index contributed by atoms with van der Waals surface area (Å²) in [5.74, 6) is 1.92. The zero-order chi connectivity index (χ0) is 5.98. The van der Waals surface area contributed by atoms with Crippen molar-refractivity contribution in [3.05, 3.63) is 0 Å². The Hall–Kier alpha value is 0.240. The summed E-state index contributed by atoms with van der Waals surface area (Å²) >= 11 is 1.74. The predicted molar refractivity (Wildman–Crippen MR) is 32.8 cm³/mol. The Morgan fingerprint density at radius 3 is 2.50 bits per heavy atom. The highest BCUT2D eigenvalue weighted by atomic mass is 32.2. The van der Waals surface area contributed by atoms with E-state index in [0.717, 1.165) is 11.5 Å². The molecule has 1 nitrogen and oxygen atoms in total. The molecule has 0 aromatic rings. The van der Waals surface area contributed by atoms with Gasteiger partial charge in [0.2, 0.25) is 0 Å². The second-order valence-corrected chi connectivity index (χ2v) is 3.07. The summed E-state index contributed by atoms with van der Waals surface area (Å²) in [5, 5.41) is 8.29. The minimum Gasteiger partial charge on any atom is -0.393 e. The van der Waals surface area contributed by atoms with Gasteiger partial charge in [-0.25, -0.2) is 4.39 Å². The summed E-state index contributed by atoms with van der Waals surface area (Å²) in [6, 6.07) is 0. The van der Waals surface area contributed by atoms with Gasteiger partial charge in [0.1, 0.15) is 6.17 Å². The van der Waals surface area contributed by atoms with Crippen LogP contribution in [0.2, 0.25) is 0 Å². The molecule has 0 saturated carbocycles. The van der Waals surface area contributed by atoms with Gasteiger partial charge in [0.25, 0.3) is 0 Å². The summed E-state index contributed by atoms with van der Waals surface area (Å²) in [5.41, 5.74) is 0. The fourth-order valence-electron chi connectivity index (χ4n) is 0.612. The van der Waals surface area contributed by atoms with Gasteiger partial charge < -0.3 is 5.11 Å². The molecule has 48 valence electrons. The van der Waals surface area contributed by atoms with Crippen molar-refractivity contribution in [2.24, 2.45) is 5.92 Å². The topological polar surface area (TPSA) is 20.2 Å². The first kappa shape index (κ1) is 6.36. The summed E-state index contributed by atoms with van der Waals surface area (Å²) < 4.78 is 12.3. The van der Waals surface area contributed by atoms with Gasteiger partial charge in [-0.1, -0.05) is 0 Å². The molecule has 0 radical (unpaired) electrons. The molecule has 0 spiro atoms. The Morgan fingerprint density at radius 1 is 1.75 bits per heavy atom. The number of hydrogen-bond acceptors (Lipinski definition) is 2. The SMILES string of the molecule is OCC(F)C1CSC1. The quantitative estimate of drug-likeness (QED) is 0.602. The molecule has 1 saturated heterocycles. The van der Waals surface area contributed by atoms with Crippen LogP contribution >= 0.6 is 11.8 Å². The Labute approximate surface area is 52.3 Å². The molecule has 1 unspecified atom stereocenters. The number of hydrogen-bond donors (Lipinski definition) is 1. The summed E-state index contributed by atoms with van der Waals surface area (Å²) in [6.07, 6.45) is -0.962. The minimum atomic E-state index is -0.962. The third-order valence-electron chi connectivity index (χ3n) is 1.35. The van der Waals surface area contributed by atoms with Crippen molar-refractivity contribution in [2.45, 2.75) is 6.17 Å². The van der Waals surface area contributed by atoms with Crippen LogP contribution in [-0.2, 0) is 0 Å². The molecule has 8 heavy (non-hydrogen) atoms. The molecule has 1 aliphatic heterocycles. The first-order valence-corrected chi connectivity index (χ1v) is 3.82. The van der Waals surface area contributed by atoms with Crippen molar-refractivity contribution in [2.75, 3.05) is 18.1 Å². The van der Waals surface area contributed by atoms with E-state index in [1.807, 2.05) is 0 Å². The van der Waals surface area contributed by atoms with Crippen molar-refractivity contribution in [1.82, 2.24) is 0 Å². The molecule has 3 heteroatoms. The van der Waals surface area contributed by atoms with Gasteiger partial charge in [0.15, 0.2) is 0 Å². The van der Waals surface area contributed by atoms with Crippen molar-refractivity contribution < 1.29 is 9.50 Å². The van der Waals surface area contributed by atoms with Crippen LogP contribution < -0.4 is 0 Å². The second-order valence-electron chi connectivity index (χ2n) is 2.00. The fourth-order valence-corrected chi connectivity index (χ4v) is 1.54. The van der Waals surface area contributed by atoms with Gasteiger partial charge in [-0.15, -0.1) is 0 Å². The van der Waals surface area contributed by atoms with Crippen LogP contribution in [0.5, 0.6) is 0 Å². The van der Waals surface area contributed by atoms with Crippen molar-refractivity contribution >= 4 is 11.8 Å². The van der Waals surface area contributed by atoms with Gasteiger partial charge in [0, 0.05) is 5.92 Å². The smallest absolute Gasteiger partial charge is 0.127 e. The second kappa shape index (κ2) is 2.69. The molecule has 0 amide bonds. The van der Waals surface area contributed by atoms with E-state index in [-0.39, 0.29) is 12.5 Å². The van der Waals surface area contributed by atoms with Crippen LogP contribution in [0.1, 0.15) is 0 Å². The van der Waals surface area contributed by atoms with Gasteiger partial charge in [-0.05, 0) is 11.5 Å². The van der Waals surface area contributed by atoms with Crippen LogP contribution in [0, 0.1) is 5.92 Å². The van der Waals surface area contributed by atoms with E-state index >= 15 is 0 Å². The van der Waals surface area contributed by atoms with Crippen LogP contribution in [-0.4, -0.2) is 29.4 Å². The van der Waals surface area contributed by atoms with E-state index < -0.39 is 6.17 Å². The zero-order valence-corrected chi connectivity index (χ0v) is 5.33. The molecule has 1 fully saturated rings. The summed E-state index contributed by atoms with van der Waals surface area (Å²) in [6.45, 7) is -0.300. The lowest BCUT2D eigenvalue weighted by Gasteiger charge is -2.26. The molecule has 0 aliphatic carbocycles. The Morgan fingerprint density at radius 2 is 2.38 bits per heavy atom. The number of halogens is 1. The molecular formula is C5H9FOS. The summed E-state index contributed by atoms with van der Waals surface area (Å²) in [4.78, 5) is 0. The number of aliphatic hydroxyl groups excluding tert-OH is 1. The van der Waals surface area contributed by atoms with Crippen LogP contribution in [0.25, 0.3) is 0 Å². The van der Waals surface area contributed by atoms with Gasteiger partial charge in [-0.3, -0.25) is 0 Å². The van der Waals surface area contributed by atoms with Gasteiger partial charge in [-0.2, -0.15) is 11.8 Å². The number of rotatable bonds is 2. The van der Waals surface area contributed by atoms with E-state index in [9.17, 15) is 4.39 Å². The normalized spacial score (nSPS) is 24.8. The number of thioether (sulfide) groups is 1. The molecule has 1 N–H and O–H groups in total. The molecule has 0 bridgehead atoms. The molecule has 1 aliphatic rings. The van der Waals surface area contributed by atoms with E-state index in [0.29, 0.717) is 0 Å². The lowest BCUT2D eigenvalue weighted by atomic mass is 10.1. The molecule has 1 heterocycles. The third kappa shape index (κ3) is 1.14. The first-order chi connectivity index (χ1) is 3.84. The average molecular weight is 136 g/mol. The largest absolute Gasteiger partial charge is 0.393 e. The Bertz CT molecular complexity index is 72.1. The standard InChI is InChI=1S/C5H9FOS/c6-5(1-7)4-2-8-3-4/h4-5,7H,1-3H2. The van der Waals surface area contributed by atoms with Gasteiger partial charge >= 0.3 is 0 Å². The zero-order valence-electron chi connectivity index (χ0n) is 4.51. The molecule has 0 aromatic heterocycles. The Kier molecular flexibility index (Phi) is 2.14. The maximum atomic E-state index is 12.3. The maximum absolute atomic E-state index is 12.3. The average Bonchev–Trinajstić information content (AvgIpc) is 1.62. The van der Waals surface area contributed by atoms with Crippen molar-refractivity contribution in [3.63, 3.8) is 0 Å². The lowest BCUT2D eigenvalue weighted by Crippen LogP contribution is -2.30. The third-order valence-corrected chi connectivity index (χ3v) is 2.68. The van der Waals surface area contributed by atoms with Gasteiger partial charge in [0.05, 0.1) is 6.61 Å². The predicted octanol–water partition coefficient (Wildman–Crippen LogP) is 0.680. The molecule has 1 rings (SSSR count). The molecule has 0 aromatic carbocycles. The lowest BCUT2D eigenvalue weighted by molar-refractivity contribution is 0.140. The van der Waals surface area contributed by atoms with Crippen LogP contribution in [0.15, 0.2) is 0 Å². The number of alkyl halides is 1. The Balaban J connectivity index is 2.13. The van der Waals surface area contributed by atoms with E-state index in [1.165, 1.54) is 0 Å². The van der Waals surface area contributed by atoms with Crippen molar-refractivity contribution in [3.8, 4) is 0 Å². The van der Waals surface area contributed by atoms with Crippen LogP contribution in [0.3, 0.4) is 0 Å². The summed E-state index contributed by atoms with van der Waals surface area (Å²) in [7, 11) is 0. The van der Waals surface area contributed by atoms with E-state index in [4.69, 9.17) is 5.11 Å². The highest BCUT2D eigenvalue weighted by Gasteiger charge is 2.26. The monoisotopic (exact) mass is 136 g/mol.